The monoisotopic (exact) mass is 422 g/mol. The second kappa shape index (κ2) is 8.55. The lowest BCUT2D eigenvalue weighted by molar-refractivity contribution is 0.0998. The maximum absolute atomic E-state index is 13.3. The van der Waals surface area contributed by atoms with Crippen molar-refractivity contribution < 1.29 is 9.18 Å². The number of halogens is 1. The van der Waals surface area contributed by atoms with Gasteiger partial charge >= 0.3 is 0 Å². The molecule has 1 saturated heterocycles. The molecular weight excluding hydrogens is 395 g/mol. The van der Waals surface area contributed by atoms with E-state index in [9.17, 15) is 9.18 Å². The summed E-state index contributed by atoms with van der Waals surface area (Å²) in [5.74, 6) is 0.322. The van der Waals surface area contributed by atoms with Crippen LogP contribution in [0.2, 0.25) is 0 Å². The molecule has 1 fully saturated rings. The van der Waals surface area contributed by atoms with E-state index in [1.807, 2.05) is 11.6 Å². The summed E-state index contributed by atoms with van der Waals surface area (Å²) >= 11 is 0. The van der Waals surface area contributed by atoms with Gasteiger partial charge in [-0.2, -0.15) is 5.10 Å². The van der Waals surface area contributed by atoms with Crippen LogP contribution in [0.3, 0.4) is 0 Å². The van der Waals surface area contributed by atoms with E-state index in [1.165, 1.54) is 17.7 Å². The van der Waals surface area contributed by atoms with Gasteiger partial charge in [0.2, 0.25) is 0 Å². The molecule has 4 rings (SSSR count). The van der Waals surface area contributed by atoms with Gasteiger partial charge in [0.05, 0.1) is 22.6 Å². The van der Waals surface area contributed by atoms with E-state index >= 15 is 0 Å². The molecule has 0 spiro atoms. The third-order valence-corrected chi connectivity index (χ3v) is 6.11. The van der Waals surface area contributed by atoms with Crippen LogP contribution < -0.4 is 5.73 Å². The van der Waals surface area contributed by atoms with Gasteiger partial charge in [-0.25, -0.2) is 19.0 Å². The number of aromatic nitrogens is 4. The van der Waals surface area contributed by atoms with E-state index in [0.29, 0.717) is 11.3 Å². The third-order valence-electron chi connectivity index (χ3n) is 6.11. The fourth-order valence-corrected chi connectivity index (χ4v) is 4.23. The number of hydrogen-bond donors (Lipinski definition) is 1. The molecule has 0 radical (unpaired) electrons. The lowest BCUT2D eigenvalue weighted by atomic mass is 9.95. The van der Waals surface area contributed by atoms with Gasteiger partial charge in [-0.15, -0.1) is 0 Å². The van der Waals surface area contributed by atoms with Crippen molar-refractivity contribution in [2.24, 2.45) is 5.73 Å². The Kier molecular flexibility index (Phi) is 5.82. The third kappa shape index (κ3) is 4.34. The van der Waals surface area contributed by atoms with Crippen molar-refractivity contribution in [1.29, 1.82) is 0 Å². The fourth-order valence-electron chi connectivity index (χ4n) is 4.23. The number of amides is 1. The highest BCUT2D eigenvalue weighted by Gasteiger charge is 2.25. The molecule has 0 atom stereocenters. The predicted octanol–water partition coefficient (Wildman–Crippen LogP) is 3.21. The van der Waals surface area contributed by atoms with Crippen LogP contribution in [0.25, 0.3) is 5.69 Å². The van der Waals surface area contributed by atoms with E-state index in [4.69, 9.17) is 5.73 Å². The second-order valence-electron chi connectivity index (χ2n) is 8.18. The number of carbonyl (C=O) groups excluding carboxylic acids is 1. The number of carbonyl (C=O) groups is 1. The topological polar surface area (TPSA) is 89.9 Å². The summed E-state index contributed by atoms with van der Waals surface area (Å²) in [6.07, 6.45) is 3.46. The molecule has 0 bridgehead atoms. The molecule has 8 heteroatoms. The van der Waals surface area contributed by atoms with Crippen LogP contribution in [0, 0.1) is 26.6 Å². The maximum atomic E-state index is 13.3. The molecule has 1 aliphatic rings. The van der Waals surface area contributed by atoms with Crippen LogP contribution in [0.5, 0.6) is 0 Å². The summed E-state index contributed by atoms with van der Waals surface area (Å²) in [5, 5.41) is 4.68. The van der Waals surface area contributed by atoms with Gasteiger partial charge in [-0.05, 0) is 71.0 Å². The van der Waals surface area contributed by atoms with E-state index in [1.54, 1.807) is 25.3 Å². The van der Waals surface area contributed by atoms with E-state index in [0.717, 1.165) is 55.4 Å². The van der Waals surface area contributed by atoms with Crippen LogP contribution in [-0.4, -0.2) is 43.6 Å². The average Bonchev–Trinajstić information content (AvgIpc) is 3.03. The van der Waals surface area contributed by atoms with Crippen molar-refractivity contribution >= 4 is 5.91 Å². The molecule has 3 heterocycles. The molecule has 2 aromatic heterocycles. The zero-order valence-corrected chi connectivity index (χ0v) is 18.1. The Bertz CT molecular complexity index is 1100. The molecule has 1 aromatic carbocycles. The van der Waals surface area contributed by atoms with Crippen molar-refractivity contribution in [3.63, 3.8) is 0 Å². The van der Waals surface area contributed by atoms with Gasteiger partial charge in [0.1, 0.15) is 11.6 Å². The van der Waals surface area contributed by atoms with Gasteiger partial charge in [0, 0.05) is 29.9 Å². The van der Waals surface area contributed by atoms with Gasteiger partial charge in [0.15, 0.2) is 0 Å². The molecule has 0 saturated carbocycles. The minimum atomic E-state index is -0.495. The summed E-state index contributed by atoms with van der Waals surface area (Å²) in [7, 11) is 0. The smallest absolute Gasteiger partial charge is 0.252 e. The van der Waals surface area contributed by atoms with E-state index in [-0.39, 0.29) is 11.7 Å². The van der Waals surface area contributed by atoms with Gasteiger partial charge in [-0.3, -0.25) is 9.69 Å². The molecule has 2 N–H and O–H groups in total. The summed E-state index contributed by atoms with van der Waals surface area (Å²) in [4.78, 5) is 22.7. The number of benzene rings is 1. The second-order valence-corrected chi connectivity index (χ2v) is 8.18. The number of likely N-dealkylation sites (tertiary alicyclic amines) is 1. The first-order chi connectivity index (χ1) is 14.8. The van der Waals surface area contributed by atoms with Gasteiger partial charge in [-0.1, -0.05) is 0 Å². The molecule has 1 aliphatic heterocycles. The zero-order valence-electron chi connectivity index (χ0n) is 18.1. The molecule has 0 unspecified atom stereocenters. The van der Waals surface area contributed by atoms with Gasteiger partial charge in [0.25, 0.3) is 5.91 Å². The first kappa shape index (κ1) is 21.1. The summed E-state index contributed by atoms with van der Waals surface area (Å²) in [6, 6.07) is 6.40. The standard InChI is InChI=1S/C23H27FN6O/c1-14-20(22(25)31)12-26-23(27-14)17-8-10-29(11-9-17)13-21-15(2)28-30(16(21)3)19-6-4-18(24)5-7-19/h4-7,12,17H,8-11,13H2,1-3H3,(H2,25,31). The molecule has 7 nitrogen and oxygen atoms in total. The SMILES string of the molecule is Cc1nc(C2CCN(Cc3c(C)nn(-c4ccc(F)cc4)c3C)CC2)ncc1C(N)=O. The minimum absolute atomic E-state index is 0.253. The highest BCUT2D eigenvalue weighted by Crippen LogP contribution is 2.28. The van der Waals surface area contributed by atoms with E-state index < -0.39 is 5.91 Å². The number of hydrogen-bond acceptors (Lipinski definition) is 5. The van der Waals surface area contributed by atoms with Crippen LogP contribution >= 0.6 is 0 Å². The molecular formula is C23H27FN6O. The first-order valence-corrected chi connectivity index (χ1v) is 10.5. The quantitative estimate of drug-likeness (QED) is 0.682. The summed E-state index contributed by atoms with van der Waals surface area (Å²) in [6.45, 7) is 8.57. The van der Waals surface area contributed by atoms with Crippen LogP contribution in [-0.2, 0) is 6.54 Å². The lowest BCUT2D eigenvalue weighted by Gasteiger charge is -2.31. The van der Waals surface area contributed by atoms with Gasteiger partial charge < -0.3 is 5.73 Å². The number of aryl methyl sites for hydroxylation is 2. The highest BCUT2D eigenvalue weighted by atomic mass is 19.1. The molecule has 0 aliphatic carbocycles. The Labute approximate surface area is 181 Å². The van der Waals surface area contributed by atoms with Crippen LogP contribution in [0.4, 0.5) is 4.39 Å². The van der Waals surface area contributed by atoms with Crippen molar-refractivity contribution in [1.82, 2.24) is 24.6 Å². The Hall–Kier alpha value is -3.13. The Morgan fingerprint density at radius 3 is 2.42 bits per heavy atom. The van der Waals surface area contributed by atoms with Crippen molar-refractivity contribution in [2.45, 2.75) is 46.1 Å². The fraction of sp³-hybridized carbons (Fsp3) is 0.391. The van der Waals surface area contributed by atoms with Crippen LogP contribution in [0.15, 0.2) is 30.5 Å². The number of nitrogens with two attached hydrogens (primary N) is 1. The number of primary amides is 1. The summed E-state index contributed by atoms with van der Waals surface area (Å²) < 4.78 is 15.1. The Morgan fingerprint density at radius 2 is 1.81 bits per heavy atom. The number of nitrogens with zero attached hydrogens (tertiary/aromatic N) is 5. The van der Waals surface area contributed by atoms with E-state index in [2.05, 4.69) is 26.9 Å². The molecule has 31 heavy (non-hydrogen) atoms. The predicted molar refractivity (Wildman–Crippen MR) is 116 cm³/mol. The molecule has 3 aromatic rings. The first-order valence-electron chi connectivity index (χ1n) is 10.5. The Morgan fingerprint density at radius 1 is 1.13 bits per heavy atom. The number of piperidine rings is 1. The van der Waals surface area contributed by atoms with Crippen molar-refractivity contribution in [2.75, 3.05) is 13.1 Å². The zero-order chi connectivity index (χ0) is 22.1. The number of rotatable bonds is 5. The minimum Gasteiger partial charge on any atom is -0.365 e. The Balaban J connectivity index is 1.43. The normalized spacial score (nSPS) is 15.4. The lowest BCUT2D eigenvalue weighted by Crippen LogP contribution is -2.33. The van der Waals surface area contributed by atoms with Crippen LogP contribution in [0.1, 0.15) is 57.6 Å². The molecule has 1 amide bonds. The molecule has 162 valence electrons. The maximum Gasteiger partial charge on any atom is 0.252 e. The average molecular weight is 423 g/mol. The van der Waals surface area contributed by atoms with Crippen molar-refractivity contribution in [3.8, 4) is 5.69 Å². The van der Waals surface area contributed by atoms with Crippen molar-refractivity contribution in [3.05, 3.63) is 70.3 Å². The summed E-state index contributed by atoms with van der Waals surface area (Å²) in [5.41, 5.74) is 10.5. The highest BCUT2D eigenvalue weighted by molar-refractivity contribution is 5.93. The largest absolute Gasteiger partial charge is 0.365 e.